The molecule has 1 N–H and O–H groups in total. The summed E-state index contributed by atoms with van der Waals surface area (Å²) in [6, 6.07) is 0. The van der Waals surface area contributed by atoms with E-state index in [1.54, 1.807) is 0 Å². The fourth-order valence-corrected chi connectivity index (χ4v) is 5.18. The van der Waals surface area contributed by atoms with Crippen molar-refractivity contribution < 1.29 is 23.8 Å². The first-order valence-electron chi connectivity index (χ1n) is 9.99. The number of hydrogen-bond donors (Lipinski definition) is 1. The number of amides is 1. The molecule has 27 heavy (non-hydrogen) atoms. The molecule has 3 rings (SSSR count). The van der Waals surface area contributed by atoms with Crippen LogP contribution in [0.15, 0.2) is 11.6 Å². The fraction of sp³-hybridized carbons (Fsp3) is 0.810. The van der Waals surface area contributed by atoms with E-state index in [-0.39, 0.29) is 34.7 Å². The molecule has 1 heterocycles. The van der Waals surface area contributed by atoms with Crippen LogP contribution in [0.2, 0.25) is 0 Å². The Balaban J connectivity index is 1.83. The van der Waals surface area contributed by atoms with Crippen molar-refractivity contribution in [3.05, 3.63) is 11.6 Å². The highest BCUT2D eigenvalue weighted by Gasteiger charge is 2.60. The second kappa shape index (κ2) is 7.21. The van der Waals surface area contributed by atoms with Crippen molar-refractivity contribution in [3.8, 4) is 0 Å². The molecule has 6 heteroatoms. The van der Waals surface area contributed by atoms with Gasteiger partial charge >= 0.3 is 5.97 Å². The molecule has 2 aliphatic carbocycles. The van der Waals surface area contributed by atoms with E-state index in [2.05, 4.69) is 18.3 Å². The van der Waals surface area contributed by atoms with E-state index in [1.165, 1.54) is 7.11 Å². The van der Waals surface area contributed by atoms with Gasteiger partial charge in [0.25, 0.3) is 0 Å². The third kappa shape index (κ3) is 3.79. The van der Waals surface area contributed by atoms with Crippen LogP contribution in [0.5, 0.6) is 0 Å². The number of ether oxygens (including phenoxy) is 3. The Labute approximate surface area is 162 Å². The minimum Gasteiger partial charge on any atom is -0.469 e. The molecular weight excluding hydrogens is 346 g/mol. The van der Waals surface area contributed by atoms with Gasteiger partial charge in [-0.3, -0.25) is 9.59 Å². The second-order valence-corrected chi connectivity index (χ2v) is 9.31. The zero-order valence-corrected chi connectivity index (χ0v) is 17.2. The van der Waals surface area contributed by atoms with Crippen LogP contribution in [0.1, 0.15) is 59.8 Å². The van der Waals surface area contributed by atoms with Gasteiger partial charge in [-0.25, -0.2) is 0 Å². The summed E-state index contributed by atoms with van der Waals surface area (Å²) < 4.78 is 17.0. The Kier molecular flexibility index (Phi) is 5.43. The first-order valence-corrected chi connectivity index (χ1v) is 9.99. The van der Waals surface area contributed by atoms with Crippen molar-refractivity contribution in [1.29, 1.82) is 0 Å². The van der Waals surface area contributed by atoms with E-state index >= 15 is 0 Å². The van der Waals surface area contributed by atoms with Gasteiger partial charge in [0.1, 0.15) is 0 Å². The Hall–Kier alpha value is -1.40. The number of carbonyl (C=O) groups excluding carboxylic acids is 2. The molecule has 1 amide bonds. The molecule has 1 spiro atoms. The van der Waals surface area contributed by atoms with Crippen LogP contribution in [0.25, 0.3) is 0 Å². The van der Waals surface area contributed by atoms with E-state index < -0.39 is 5.79 Å². The van der Waals surface area contributed by atoms with Gasteiger partial charge in [0.15, 0.2) is 5.79 Å². The average Bonchev–Trinajstić information content (AvgIpc) is 3.18. The Morgan fingerprint density at radius 3 is 2.52 bits per heavy atom. The maximum Gasteiger partial charge on any atom is 0.305 e. The van der Waals surface area contributed by atoms with Gasteiger partial charge in [0.2, 0.25) is 5.91 Å². The summed E-state index contributed by atoms with van der Waals surface area (Å²) in [4.78, 5) is 24.7. The molecule has 0 aromatic carbocycles. The first-order chi connectivity index (χ1) is 12.6. The molecule has 6 nitrogen and oxygen atoms in total. The molecule has 0 aromatic heterocycles. The van der Waals surface area contributed by atoms with E-state index in [4.69, 9.17) is 14.2 Å². The Bertz CT molecular complexity index is 629. The molecule has 1 saturated heterocycles. The maximum absolute atomic E-state index is 12.9. The van der Waals surface area contributed by atoms with Crippen molar-refractivity contribution in [2.24, 2.45) is 17.3 Å². The lowest BCUT2D eigenvalue weighted by atomic mass is 9.58. The van der Waals surface area contributed by atoms with Gasteiger partial charge < -0.3 is 19.5 Å². The zero-order chi connectivity index (χ0) is 19.9. The molecule has 0 radical (unpaired) electrons. The number of methoxy groups -OCH3 is 1. The minimum atomic E-state index is -0.623. The van der Waals surface area contributed by atoms with Crippen LogP contribution in [-0.2, 0) is 23.8 Å². The number of allylic oxidation sites excluding steroid dienone is 1. The number of rotatable bonds is 4. The lowest BCUT2D eigenvalue weighted by molar-refractivity contribution is -0.242. The summed E-state index contributed by atoms with van der Waals surface area (Å²) in [5, 5.41) is 3.11. The minimum absolute atomic E-state index is 0.0171. The van der Waals surface area contributed by atoms with Gasteiger partial charge in [-0.2, -0.15) is 0 Å². The summed E-state index contributed by atoms with van der Waals surface area (Å²) in [7, 11) is 1.41. The summed E-state index contributed by atoms with van der Waals surface area (Å²) in [6.45, 7) is 9.35. The normalized spacial score (nSPS) is 32.1. The van der Waals surface area contributed by atoms with E-state index in [0.29, 0.717) is 26.1 Å². The Morgan fingerprint density at radius 1 is 1.26 bits per heavy atom. The van der Waals surface area contributed by atoms with Crippen LogP contribution >= 0.6 is 0 Å². The SMILES string of the molecule is COC(=O)CC[C@H]1[C@@H]2CC=C(C(=O)NC(C)(C)C)[C@@]2(C)CCC12OCCO2. The first kappa shape index (κ1) is 20.3. The summed E-state index contributed by atoms with van der Waals surface area (Å²) >= 11 is 0. The second-order valence-electron chi connectivity index (χ2n) is 9.31. The third-order valence-corrected chi connectivity index (χ3v) is 6.45. The monoisotopic (exact) mass is 379 g/mol. The molecule has 3 atom stereocenters. The van der Waals surface area contributed by atoms with E-state index in [1.807, 2.05) is 20.8 Å². The predicted octanol–water partition coefficient (Wildman–Crippen LogP) is 2.96. The van der Waals surface area contributed by atoms with Gasteiger partial charge in [-0.15, -0.1) is 0 Å². The summed E-state index contributed by atoms with van der Waals surface area (Å²) in [6.07, 6.45) is 5.47. The predicted molar refractivity (Wildman–Crippen MR) is 101 cm³/mol. The fourth-order valence-electron chi connectivity index (χ4n) is 5.18. The zero-order valence-electron chi connectivity index (χ0n) is 17.2. The van der Waals surface area contributed by atoms with Crippen molar-refractivity contribution >= 4 is 11.9 Å². The number of carbonyl (C=O) groups is 2. The quantitative estimate of drug-likeness (QED) is 0.760. The summed E-state index contributed by atoms with van der Waals surface area (Å²) in [5.74, 6) is -0.540. The summed E-state index contributed by atoms with van der Waals surface area (Å²) in [5.41, 5.74) is 0.374. The Morgan fingerprint density at radius 2 is 1.93 bits per heavy atom. The molecular formula is C21H33NO5. The number of fused-ring (bicyclic) bond motifs is 1. The van der Waals surface area contributed by atoms with Crippen molar-refractivity contribution in [2.45, 2.75) is 71.1 Å². The largest absolute Gasteiger partial charge is 0.469 e. The van der Waals surface area contributed by atoms with Crippen molar-refractivity contribution in [1.82, 2.24) is 5.32 Å². The standard InChI is InChI=1S/C21H33NO5/c1-19(2,3)22-18(24)16-7-6-14-15(8-9-17(23)25-5)21(26-12-13-27-21)11-10-20(14,16)4/h7,14-15H,6,8-13H2,1-5H3,(H,22,24)/t14-,15-,20-/m0/s1. The average molecular weight is 379 g/mol. The third-order valence-electron chi connectivity index (χ3n) is 6.45. The van der Waals surface area contributed by atoms with Gasteiger partial charge in [-0.05, 0) is 46.0 Å². The molecule has 0 bridgehead atoms. The maximum atomic E-state index is 12.9. The van der Waals surface area contributed by atoms with Crippen LogP contribution < -0.4 is 5.32 Å². The lowest BCUT2D eigenvalue weighted by Crippen LogP contribution is -2.54. The number of nitrogens with one attached hydrogen (secondary N) is 1. The van der Waals surface area contributed by atoms with Crippen molar-refractivity contribution in [2.75, 3.05) is 20.3 Å². The number of hydrogen-bond acceptors (Lipinski definition) is 5. The molecule has 1 saturated carbocycles. The lowest BCUT2D eigenvalue weighted by Gasteiger charge is -2.51. The van der Waals surface area contributed by atoms with Gasteiger partial charge in [0.05, 0.1) is 20.3 Å². The van der Waals surface area contributed by atoms with E-state index in [9.17, 15) is 9.59 Å². The molecule has 1 aliphatic heterocycles. The van der Waals surface area contributed by atoms with Crippen LogP contribution in [0, 0.1) is 17.3 Å². The van der Waals surface area contributed by atoms with Crippen LogP contribution in [0.4, 0.5) is 0 Å². The van der Waals surface area contributed by atoms with Crippen LogP contribution in [0.3, 0.4) is 0 Å². The highest BCUT2D eigenvalue weighted by molar-refractivity contribution is 5.95. The van der Waals surface area contributed by atoms with Gasteiger partial charge in [-0.1, -0.05) is 13.0 Å². The molecule has 0 aromatic rings. The van der Waals surface area contributed by atoms with Gasteiger partial charge in [0, 0.05) is 35.3 Å². The molecule has 152 valence electrons. The molecule has 0 unspecified atom stereocenters. The highest BCUT2D eigenvalue weighted by Crippen LogP contribution is 2.60. The number of esters is 1. The molecule has 3 aliphatic rings. The highest BCUT2D eigenvalue weighted by atomic mass is 16.7. The van der Waals surface area contributed by atoms with Crippen molar-refractivity contribution in [3.63, 3.8) is 0 Å². The topological polar surface area (TPSA) is 73.9 Å². The smallest absolute Gasteiger partial charge is 0.305 e. The van der Waals surface area contributed by atoms with Crippen LogP contribution in [-0.4, -0.2) is 43.5 Å². The molecule has 2 fully saturated rings. The van der Waals surface area contributed by atoms with E-state index in [0.717, 1.165) is 24.8 Å².